The average molecular weight is 357 g/mol. The van der Waals surface area contributed by atoms with Crippen LogP contribution < -0.4 is 9.47 Å². The fraction of sp³-hybridized carbons (Fsp3) is 0.350. The molecule has 0 radical (unpaired) electrons. The van der Waals surface area contributed by atoms with E-state index >= 15 is 0 Å². The lowest BCUT2D eigenvalue weighted by atomic mass is 10.1. The van der Waals surface area contributed by atoms with E-state index in [0.717, 1.165) is 18.4 Å². The predicted molar refractivity (Wildman–Crippen MR) is 92.7 cm³/mol. The molecule has 5 nitrogen and oxygen atoms in total. The normalized spacial score (nSPS) is 18.8. The van der Waals surface area contributed by atoms with E-state index < -0.39 is 0 Å². The van der Waals surface area contributed by atoms with Crippen LogP contribution in [0.4, 0.5) is 4.39 Å². The van der Waals surface area contributed by atoms with E-state index in [-0.39, 0.29) is 24.6 Å². The van der Waals surface area contributed by atoms with Crippen LogP contribution in [-0.4, -0.2) is 36.8 Å². The van der Waals surface area contributed by atoms with Gasteiger partial charge in [-0.05, 0) is 48.7 Å². The first-order valence-electron chi connectivity index (χ1n) is 8.74. The minimum absolute atomic E-state index is 0.0395. The highest BCUT2D eigenvalue weighted by atomic mass is 19.1. The van der Waals surface area contributed by atoms with Crippen LogP contribution in [0.5, 0.6) is 11.5 Å². The Bertz CT molecular complexity index is 810. The van der Waals surface area contributed by atoms with E-state index in [1.165, 1.54) is 12.1 Å². The van der Waals surface area contributed by atoms with Gasteiger partial charge < -0.3 is 19.1 Å². The number of rotatable bonds is 4. The van der Waals surface area contributed by atoms with Crippen molar-refractivity contribution in [3.8, 4) is 11.5 Å². The summed E-state index contributed by atoms with van der Waals surface area (Å²) in [5.41, 5.74) is 1.38. The van der Waals surface area contributed by atoms with Gasteiger partial charge in [-0.25, -0.2) is 4.39 Å². The quantitative estimate of drug-likeness (QED) is 0.842. The van der Waals surface area contributed by atoms with Gasteiger partial charge >= 0.3 is 0 Å². The Labute approximate surface area is 151 Å². The lowest BCUT2D eigenvalue weighted by Gasteiger charge is -2.32. The Morgan fingerprint density at radius 1 is 1.19 bits per heavy atom. The maximum absolute atomic E-state index is 13.3. The van der Waals surface area contributed by atoms with Crippen molar-refractivity contribution in [3.63, 3.8) is 0 Å². The average Bonchev–Trinajstić information content (AvgIpc) is 3.14. The molecular formula is C20H20FNO4. The van der Waals surface area contributed by atoms with Gasteiger partial charge in [-0.3, -0.25) is 4.79 Å². The topological polar surface area (TPSA) is 48.0 Å². The van der Waals surface area contributed by atoms with Crippen LogP contribution in [-0.2, 0) is 11.3 Å². The van der Waals surface area contributed by atoms with Crippen molar-refractivity contribution < 1.29 is 23.4 Å². The van der Waals surface area contributed by atoms with Gasteiger partial charge in [-0.2, -0.15) is 0 Å². The third kappa shape index (κ3) is 3.65. The number of benzene rings is 2. The number of ether oxygens (including phenoxy) is 3. The zero-order chi connectivity index (χ0) is 17.9. The minimum Gasteiger partial charge on any atom is -0.454 e. The van der Waals surface area contributed by atoms with Crippen LogP contribution in [0.25, 0.3) is 0 Å². The maximum Gasteiger partial charge on any atom is 0.254 e. The number of hydrogen-bond donors (Lipinski definition) is 0. The fourth-order valence-electron chi connectivity index (χ4n) is 3.31. The Morgan fingerprint density at radius 2 is 2.08 bits per heavy atom. The molecule has 2 aliphatic rings. The summed E-state index contributed by atoms with van der Waals surface area (Å²) >= 11 is 0. The van der Waals surface area contributed by atoms with Crippen molar-refractivity contribution in [1.29, 1.82) is 0 Å². The van der Waals surface area contributed by atoms with Gasteiger partial charge in [0.25, 0.3) is 5.91 Å². The molecule has 136 valence electrons. The summed E-state index contributed by atoms with van der Waals surface area (Å²) in [4.78, 5) is 14.6. The van der Waals surface area contributed by atoms with Crippen molar-refractivity contribution in [2.75, 3.05) is 19.9 Å². The van der Waals surface area contributed by atoms with Crippen LogP contribution in [0.2, 0.25) is 0 Å². The third-order valence-electron chi connectivity index (χ3n) is 4.66. The van der Waals surface area contributed by atoms with E-state index in [2.05, 4.69) is 0 Å². The van der Waals surface area contributed by atoms with Gasteiger partial charge in [0.2, 0.25) is 6.79 Å². The van der Waals surface area contributed by atoms with Crippen LogP contribution in [0.1, 0.15) is 28.8 Å². The molecule has 1 saturated heterocycles. The predicted octanol–water partition coefficient (Wildman–Crippen LogP) is 3.38. The van der Waals surface area contributed by atoms with Crippen molar-refractivity contribution in [2.45, 2.75) is 25.6 Å². The molecule has 0 saturated carbocycles. The molecule has 0 N–H and O–H groups in total. The van der Waals surface area contributed by atoms with Crippen LogP contribution in [0.3, 0.4) is 0 Å². The number of hydrogen-bond acceptors (Lipinski definition) is 4. The van der Waals surface area contributed by atoms with E-state index in [4.69, 9.17) is 14.2 Å². The van der Waals surface area contributed by atoms with Crippen molar-refractivity contribution in [2.24, 2.45) is 0 Å². The summed E-state index contributed by atoms with van der Waals surface area (Å²) in [6.07, 6.45) is 1.72. The molecule has 0 aliphatic carbocycles. The first-order valence-corrected chi connectivity index (χ1v) is 8.74. The second-order valence-corrected chi connectivity index (χ2v) is 6.52. The number of halogens is 1. The largest absolute Gasteiger partial charge is 0.454 e. The summed E-state index contributed by atoms with van der Waals surface area (Å²) in [6.45, 7) is 1.76. The third-order valence-corrected chi connectivity index (χ3v) is 4.66. The number of piperidine rings is 1. The Balaban J connectivity index is 1.37. The zero-order valence-corrected chi connectivity index (χ0v) is 14.3. The fourth-order valence-corrected chi connectivity index (χ4v) is 3.31. The SMILES string of the molecule is O=C(c1ccc2c(c1)OCO2)N1CCCC(OCc2cccc(F)c2)C1. The lowest BCUT2D eigenvalue weighted by Crippen LogP contribution is -2.43. The second-order valence-electron chi connectivity index (χ2n) is 6.52. The van der Waals surface area contributed by atoms with Crippen molar-refractivity contribution >= 4 is 5.91 Å². The molecule has 0 spiro atoms. The smallest absolute Gasteiger partial charge is 0.254 e. The molecule has 6 heteroatoms. The molecule has 1 amide bonds. The Kier molecular flexibility index (Phi) is 4.75. The number of likely N-dealkylation sites (tertiary alicyclic amines) is 1. The summed E-state index contributed by atoms with van der Waals surface area (Å²) in [6, 6.07) is 11.6. The highest BCUT2D eigenvalue weighted by Gasteiger charge is 2.26. The van der Waals surface area contributed by atoms with Crippen molar-refractivity contribution in [1.82, 2.24) is 4.90 Å². The first-order chi connectivity index (χ1) is 12.7. The number of carbonyl (C=O) groups excluding carboxylic acids is 1. The van der Waals surface area contributed by atoms with Crippen molar-refractivity contribution in [3.05, 3.63) is 59.4 Å². The molecule has 2 aromatic rings. The molecule has 2 aliphatic heterocycles. The number of nitrogens with zero attached hydrogens (tertiary/aromatic N) is 1. The van der Waals surface area contributed by atoms with Gasteiger partial charge in [-0.15, -0.1) is 0 Å². The van der Waals surface area contributed by atoms with Gasteiger partial charge in [0.05, 0.1) is 12.7 Å². The molecule has 1 atom stereocenters. The first kappa shape index (κ1) is 16.8. The van der Waals surface area contributed by atoms with E-state index in [9.17, 15) is 9.18 Å². The van der Waals surface area contributed by atoms with Crippen LogP contribution in [0.15, 0.2) is 42.5 Å². The Hall–Kier alpha value is -2.60. The van der Waals surface area contributed by atoms with E-state index in [1.54, 1.807) is 29.2 Å². The molecule has 1 fully saturated rings. The summed E-state index contributed by atoms with van der Waals surface area (Å²) in [5.74, 6) is 0.958. The molecule has 26 heavy (non-hydrogen) atoms. The molecule has 0 bridgehead atoms. The van der Waals surface area contributed by atoms with Gasteiger partial charge in [0.15, 0.2) is 11.5 Å². The second kappa shape index (κ2) is 7.33. The highest BCUT2D eigenvalue weighted by molar-refractivity contribution is 5.95. The minimum atomic E-state index is -0.269. The standard InChI is InChI=1S/C20H20FNO4/c21-16-4-1-3-14(9-16)12-24-17-5-2-8-22(11-17)20(23)15-6-7-18-19(10-15)26-13-25-18/h1,3-4,6-7,9-10,17H,2,5,8,11-13H2. The van der Waals surface area contributed by atoms with E-state index in [1.807, 2.05) is 6.07 Å². The molecule has 1 unspecified atom stereocenters. The molecular weight excluding hydrogens is 337 g/mol. The molecule has 2 heterocycles. The summed E-state index contributed by atoms with van der Waals surface area (Å²) < 4.78 is 29.8. The zero-order valence-electron chi connectivity index (χ0n) is 14.3. The number of fused-ring (bicyclic) bond motifs is 1. The molecule has 2 aromatic carbocycles. The highest BCUT2D eigenvalue weighted by Crippen LogP contribution is 2.33. The monoisotopic (exact) mass is 357 g/mol. The van der Waals surface area contributed by atoms with E-state index in [0.29, 0.717) is 36.8 Å². The number of amides is 1. The van der Waals surface area contributed by atoms with Crippen LogP contribution >= 0.6 is 0 Å². The number of carbonyl (C=O) groups is 1. The summed E-state index contributed by atoms with van der Waals surface area (Å²) in [7, 11) is 0. The van der Waals surface area contributed by atoms with Crippen LogP contribution in [0, 0.1) is 5.82 Å². The van der Waals surface area contributed by atoms with Gasteiger partial charge in [0, 0.05) is 18.7 Å². The van der Waals surface area contributed by atoms with Gasteiger partial charge in [0.1, 0.15) is 5.82 Å². The molecule has 4 rings (SSSR count). The maximum atomic E-state index is 13.3. The summed E-state index contributed by atoms with van der Waals surface area (Å²) in [5, 5.41) is 0. The van der Waals surface area contributed by atoms with Gasteiger partial charge in [-0.1, -0.05) is 12.1 Å². The lowest BCUT2D eigenvalue weighted by molar-refractivity contribution is -0.00679. The Morgan fingerprint density at radius 3 is 2.96 bits per heavy atom. The molecule has 0 aromatic heterocycles.